The van der Waals surface area contributed by atoms with E-state index in [-0.39, 0.29) is 12.1 Å². The monoisotopic (exact) mass is 404 g/mol. The average molecular weight is 405 g/mol. The molecule has 0 spiro atoms. The Balaban J connectivity index is 1.57. The molecule has 0 saturated heterocycles. The zero-order valence-electron chi connectivity index (χ0n) is 16.8. The van der Waals surface area contributed by atoms with E-state index in [1.807, 2.05) is 35.9 Å². The van der Waals surface area contributed by atoms with E-state index in [0.29, 0.717) is 17.3 Å². The number of benzene rings is 1. The summed E-state index contributed by atoms with van der Waals surface area (Å²) in [6, 6.07) is 7.77. The van der Waals surface area contributed by atoms with Gasteiger partial charge in [0, 0.05) is 25.4 Å². The Morgan fingerprint density at radius 2 is 2.21 bits per heavy atom. The van der Waals surface area contributed by atoms with Crippen LogP contribution >= 0.6 is 11.6 Å². The summed E-state index contributed by atoms with van der Waals surface area (Å²) >= 11 is 6.16. The van der Waals surface area contributed by atoms with Crippen molar-refractivity contribution in [3.63, 3.8) is 0 Å². The molecule has 7 nitrogen and oxygen atoms in total. The number of guanidine groups is 1. The fourth-order valence-corrected chi connectivity index (χ4v) is 3.34. The van der Waals surface area contributed by atoms with Gasteiger partial charge in [0.1, 0.15) is 17.7 Å². The average Bonchev–Trinajstić information content (AvgIpc) is 3.10. The second-order valence-electron chi connectivity index (χ2n) is 6.94. The molecule has 2 N–H and O–H groups in total. The van der Waals surface area contributed by atoms with Crippen LogP contribution in [0.4, 0.5) is 0 Å². The number of hydrogen-bond acceptors (Lipinski definition) is 4. The van der Waals surface area contributed by atoms with E-state index in [2.05, 4.69) is 34.6 Å². The summed E-state index contributed by atoms with van der Waals surface area (Å²) in [6.07, 6.45) is 2.72. The molecule has 1 aromatic carbocycles. The van der Waals surface area contributed by atoms with Crippen molar-refractivity contribution in [1.29, 1.82) is 0 Å². The molecule has 2 unspecified atom stereocenters. The van der Waals surface area contributed by atoms with Crippen LogP contribution in [0, 0.1) is 0 Å². The van der Waals surface area contributed by atoms with Crippen LogP contribution in [0.1, 0.15) is 38.8 Å². The number of aliphatic imine (C=N–C) groups is 1. The van der Waals surface area contributed by atoms with E-state index in [4.69, 9.17) is 21.3 Å². The lowest BCUT2D eigenvalue weighted by atomic mass is 10.1. The second-order valence-corrected chi connectivity index (χ2v) is 7.35. The molecule has 1 aliphatic heterocycles. The number of ether oxygens (including phenoxy) is 1. The first-order valence-electron chi connectivity index (χ1n) is 9.97. The molecule has 2 atom stereocenters. The van der Waals surface area contributed by atoms with Gasteiger partial charge in [-0.1, -0.05) is 30.7 Å². The van der Waals surface area contributed by atoms with Crippen molar-refractivity contribution in [3.05, 3.63) is 40.9 Å². The van der Waals surface area contributed by atoms with E-state index >= 15 is 0 Å². The minimum absolute atomic E-state index is 0.0873. The van der Waals surface area contributed by atoms with Gasteiger partial charge in [0.15, 0.2) is 11.8 Å². The van der Waals surface area contributed by atoms with Crippen LogP contribution in [0.25, 0.3) is 0 Å². The molecule has 2 aromatic rings. The maximum Gasteiger partial charge on any atom is 0.191 e. The van der Waals surface area contributed by atoms with Crippen LogP contribution < -0.4 is 15.4 Å². The molecule has 0 saturated carbocycles. The van der Waals surface area contributed by atoms with Crippen molar-refractivity contribution in [1.82, 2.24) is 25.4 Å². The third-order valence-electron chi connectivity index (χ3n) is 4.57. The molecule has 0 amide bonds. The molecule has 0 radical (unpaired) electrons. The quantitative estimate of drug-likeness (QED) is 0.548. The standard InChI is InChI=1S/C20H29ClN6O/c1-4-18-25-19-11-10-15(13-27(19)26-18)24-20(22-5-2)23-12-14(3)28-17-9-7-6-8-16(17)21/h6-9,14-15H,4-5,10-13H2,1-3H3,(H2,22,23,24). The summed E-state index contributed by atoms with van der Waals surface area (Å²) < 4.78 is 7.93. The van der Waals surface area contributed by atoms with Crippen molar-refractivity contribution in [2.45, 2.75) is 58.7 Å². The molecule has 2 heterocycles. The van der Waals surface area contributed by atoms with Crippen molar-refractivity contribution < 1.29 is 4.74 Å². The highest BCUT2D eigenvalue weighted by Gasteiger charge is 2.22. The number of hydrogen-bond donors (Lipinski definition) is 2. The summed E-state index contributed by atoms with van der Waals surface area (Å²) in [5, 5.41) is 12.0. The largest absolute Gasteiger partial charge is 0.487 e. The van der Waals surface area contributed by atoms with Crippen molar-refractivity contribution in [2.24, 2.45) is 4.99 Å². The Morgan fingerprint density at radius 1 is 1.39 bits per heavy atom. The summed E-state index contributed by atoms with van der Waals surface area (Å²) in [5.41, 5.74) is 0. The van der Waals surface area contributed by atoms with Crippen LogP contribution in [-0.2, 0) is 19.4 Å². The molecule has 28 heavy (non-hydrogen) atoms. The normalized spacial score (nSPS) is 17.7. The summed E-state index contributed by atoms with van der Waals surface area (Å²) in [4.78, 5) is 9.27. The zero-order chi connectivity index (χ0) is 19.9. The first-order chi connectivity index (χ1) is 13.6. The third-order valence-corrected chi connectivity index (χ3v) is 4.89. The van der Waals surface area contributed by atoms with Gasteiger partial charge >= 0.3 is 0 Å². The van der Waals surface area contributed by atoms with Crippen molar-refractivity contribution >= 4 is 17.6 Å². The lowest BCUT2D eigenvalue weighted by Gasteiger charge is -2.25. The highest BCUT2D eigenvalue weighted by atomic mass is 35.5. The first kappa shape index (κ1) is 20.5. The topological polar surface area (TPSA) is 76.4 Å². The van der Waals surface area contributed by atoms with Gasteiger partial charge < -0.3 is 15.4 Å². The fraction of sp³-hybridized carbons (Fsp3) is 0.550. The summed E-state index contributed by atoms with van der Waals surface area (Å²) in [5.74, 6) is 3.48. The number of aryl methyl sites for hydroxylation is 2. The Hall–Kier alpha value is -2.28. The Bertz CT molecular complexity index is 806. The van der Waals surface area contributed by atoms with E-state index in [0.717, 1.165) is 50.0 Å². The van der Waals surface area contributed by atoms with Gasteiger partial charge in [0.25, 0.3) is 0 Å². The molecular weight excluding hydrogens is 376 g/mol. The number of halogens is 1. The molecule has 152 valence electrons. The minimum Gasteiger partial charge on any atom is -0.487 e. The van der Waals surface area contributed by atoms with Crippen LogP contribution in [0.5, 0.6) is 5.75 Å². The Kier molecular flexibility index (Phi) is 7.14. The van der Waals surface area contributed by atoms with E-state index in [9.17, 15) is 0 Å². The maximum absolute atomic E-state index is 6.16. The number of aromatic nitrogens is 3. The predicted octanol–water partition coefficient (Wildman–Crippen LogP) is 2.83. The third kappa shape index (κ3) is 5.38. The van der Waals surface area contributed by atoms with Gasteiger partial charge in [-0.25, -0.2) is 14.7 Å². The van der Waals surface area contributed by atoms with Crippen molar-refractivity contribution in [3.8, 4) is 5.75 Å². The van der Waals surface area contributed by atoms with Gasteiger partial charge in [-0.3, -0.25) is 0 Å². The van der Waals surface area contributed by atoms with Crippen molar-refractivity contribution in [2.75, 3.05) is 13.1 Å². The molecule has 0 aliphatic carbocycles. The first-order valence-corrected chi connectivity index (χ1v) is 10.4. The van der Waals surface area contributed by atoms with Crippen LogP contribution in [0.15, 0.2) is 29.3 Å². The zero-order valence-corrected chi connectivity index (χ0v) is 17.5. The summed E-state index contributed by atoms with van der Waals surface area (Å²) in [7, 11) is 0. The predicted molar refractivity (Wildman–Crippen MR) is 112 cm³/mol. The van der Waals surface area contributed by atoms with Gasteiger partial charge in [-0.05, 0) is 32.4 Å². The molecule has 1 aliphatic rings. The lowest BCUT2D eigenvalue weighted by Crippen LogP contribution is -2.47. The lowest BCUT2D eigenvalue weighted by molar-refractivity contribution is 0.230. The molecule has 0 fully saturated rings. The molecular formula is C20H29ClN6O. The number of fused-ring (bicyclic) bond motifs is 1. The Labute approximate surface area is 171 Å². The SMILES string of the molecule is CCNC(=NCC(C)Oc1ccccc1Cl)NC1CCc2nc(CC)nn2C1. The van der Waals surface area contributed by atoms with E-state index < -0.39 is 0 Å². The van der Waals surface area contributed by atoms with Gasteiger partial charge in [-0.2, -0.15) is 5.10 Å². The fourth-order valence-electron chi connectivity index (χ4n) is 3.16. The molecule has 0 bridgehead atoms. The van der Waals surface area contributed by atoms with Crippen LogP contribution in [0.2, 0.25) is 5.02 Å². The van der Waals surface area contributed by atoms with E-state index in [1.165, 1.54) is 0 Å². The molecule has 3 rings (SSSR count). The number of nitrogens with one attached hydrogen (secondary N) is 2. The van der Waals surface area contributed by atoms with Gasteiger partial charge in [-0.15, -0.1) is 0 Å². The van der Waals surface area contributed by atoms with Gasteiger partial charge in [0.05, 0.1) is 18.1 Å². The number of rotatable bonds is 7. The number of nitrogens with zero attached hydrogens (tertiary/aromatic N) is 4. The second kappa shape index (κ2) is 9.78. The van der Waals surface area contributed by atoms with Crippen LogP contribution in [0.3, 0.4) is 0 Å². The smallest absolute Gasteiger partial charge is 0.191 e. The minimum atomic E-state index is -0.0873. The van der Waals surface area contributed by atoms with Gasteiger partial charge in [0.2, 0.25) is 0 Å². The molecule has 8 heteroatoms. The Morgan fingerprint density at radius 3 is 2.96 bits per heavy atom. The summed E-state index contributed by atoms with van der Waals surface area (Å²) in [6.45, 7) is 8.27. The van der Waals surface area contributed by atoms with E-state index in [1.54, 1.807) is 0 Å². The maximum atomic E-state index is 6.16. The molecule has 1 aromatic heterocycles. The number of para-hydroxylation sites is 1. The highest BCUT2D eigenvalue weighted by Crippen LogP contribution is 2.24. The van der Waals surface area contributed by atoms with Crippen LogP contribution in [-0.4, -0.2) is 46.0 Å². The highest BCUT2D eigenvalue weighted by molar-refractivity contribution is 6.32.